The Kier molecular flexibility index (Phi) is 4.77. The van der Waals surface area contributed by atoms with Crippen molar-refractivity contribution >= 4 is 23.5 Å². The van der Waals surface area contributed by atoms with Crippen LogP contribution >= 0.6 is 11.8 Å². The van der Waals surface area contributed by atoms with E-state index in [0.717, 1.165) is 41.1 Å². The molecule has 2 aromatic rings. The van der Waals surface area contributed by atoms with Crippen LogP contribution in [-0.4, -0.2) is 45.2 Å². The van der Waals surface area contributed by atoms with E-state index >= 15 is 0 Å². The summed E-state index contributed by atoms with van der Waals surface area (Å²) in [7, 11) is 1.83. The molecule has 6 nitrogen and oxygen atoms in total. The summed E-state index contributed by atoms with van der Waals surface area (Å²) in [5, 5.41) is 7.18. The van der Waals surface area contributed by atoms with Gasteiger partial charge in [0.05, 0.1) is 18.3 Å². The third kappa shape index (κ3) is 3.79. The quantitative estimate of drug-likeness (QED) is 0.930. The van der Waals surface area contributed by atoms with E-state index in [9.17, 15) is 4.79 Å². The predicted molar refractivity (Wildman–Crippen MR) is 91.7 cm³/mol. The maximum absolute atomic E-state index is 12.4. The summed E-state index contributed by atoms with van der Waals surface area (Å²) in [4.78, 5) is 14.6. The molecule has 1 aliphatic heterocycles. The zero-order valence-corrected chi connectivity index (χ0v) is 14.5. The van der Waals surface area contributed by atoms with Gasteiger partial charge in [-0.05, 0) is 26.0 Å². The van der Waals surface area contributed by atoms with Crippen LogP contribution in [0.15, 0.2) is 22.6 Å². The topological polar surface area (TPSA) is 63.3 Å². The van der Waals surface area contributed by atoms with Crippen molar-refractivity contribution in [2.24, 2.45) is 7.05 Å². The Labute approximate surface area is 140 Å². The predicted octanol–water partition coefficient (Wildman–Crippen LogP) is 2.36. The molecule has 1 fully saturated rings. The summed E-state index contributed by atoms with van der Waals surface area (Å²) in [6.07, 6.45) is 0. The molecule has 1 atom stereocenters. The lowest BCUT2D eigenvalue weighted by molar-refractivity contribution is -0.117. The highest BCUT2D eigenvalue weighted by atomic mass is 32.2. The van der Waals surface area contributed by atoms with Gasteiger partial charge in [-0.15, -0.1) is 0 Å². The number of amides is 1. The highest BCUT2D eigenvalue weighted by Gasteiger charge is 2.28. The van der Waals surface area contributed by atoms with Gasteiger partial charge in [-0.1, -0.05) is 0 Å². The van der Waals surface area contributed by atoms with Crippen molar-refractivity contribution < 1.29 is 9.21 Å². The van der Waals surface area contributed by atoms with Gasteiger partial charge >= 0.3 is 0 Å². The third-order valence-corrected chi connectivity index (χ3v) is 4.97. The molecule has 0 saturated carbocycles. The van der Waals surface area contributed by atoms with E-state index in [-0.39, 0.29) is 11.9 Å². The number of carbonyl (C=O) groups is 1. The summed E-state index contributed by atoms with van der Waals surface area (Å²) in [6.45, 7) is 5.09. The summed E-state index contributed by atoms with van der Waals surface area (Å²) in [5.74, 6) is 4.54. The number of thioether (sulfide) groups is 1. The van der Waals surface area contributed by atoms with Crippen LogP contribution in [0.1, 0.15) is 23.3 Å². The fourth-order valence-corrected chi connectivity index (χ4v) is 3.94. The average molecular weight is 334 g/mol. The highest BCUT2D eigenvalue weighted by Crippen LogP contribution is 2.30. The van der Waals surface area contributed by atoms with Crippen molar-refractivity contribution in [3.8, 4) is 0 Å². The van der Waals surface area contributed by atoms with Gasteiger partial charge in [-0.25, -0.2) is 0 Å². The number of carbonyl (C=O) groups excluding carboxylic acids is 1. The molecule has 2 aromatic heterocycles. The lowest BCUT2D eigenvalue weighted by Gasteiger charge is -2.33. The first-order valence-electron chi connectivity index (χ1n) is 7.71. The number of anilines is 1. The Bertz CT molecular complexity index is 694. The second-order valence-corrected chi connectivity index (χ2v) is 7.00. The molecule has 0 bridgehead atoms. The smallest absolute Gasteiger partial charge is 0.239 e. The van der Waals surface area contributed by atoms with Gasteiger partial charge in [0.15, 0.2) is 0 Å². The van der Waals surface area contributed by atoms with Crippen molar-refractivity contribution in [1.82, 2.24) is 14.7 Å². The van der Waals surface area contributed by atoms with Crippen molar-refractivity contribution in [2.45, 2.75) is 19.9 Å². The Morgan fingerprint density at radius 2 is 2.30 bits per heavy atom. The van der Waals surface area contributed by atoms with Crippen LogP contribution in [0.3, 0.4) is 0 Å². The first kappa shape index (κ1) is 16.1. The van der Waals surface area contributed by atoms with E-state index < -0.39 is 0 Å². The number of aryl methyl sites for hydroxylation is 3. The van der Waals surface area contributed by atoms with Gasteiger partial charge in [0.2, 0.25) is 5.91 Å². The maximum Gasteiger partial charge on any atom is 0.239 e. The van der Waals surface area contributed by atoms with Crippen LogP contribution in [0.5, 0.6) is 0 Å². The Morgan fingerprint density at radius 3 is 2.96 bits per heavy atom. The first-order valence-corrected chi connectivity index (χ1v) is 8.87. The molecule has 1 N–H and O–H groups in total. The Morgan fingerprint density at radius 1 is 1.48 bits per heavy atom. The van der Waals surface area contributed by atoms with E-state index in [1.807, 2.05) is 50.9 Å². The molecule has 0 spiro atoms. The molecule has 0 radical (unpaired) electrons. The number of nitrogens with zero attached hydrogens (tertiary/aromatic N) is 3. The van der Waals surface area contributed by atoms with E-state index in [1.165, 1.54) is 0 Å². The van der Waals surface area contributed by atoms with Crippen LogP contribution in [0, 0.1) is 13.8 Å². The fourth-order valence-electron chi connectivity index (χ4n) is 2.82. The number of hydrogen-bond donors (Lipinski definition) is 1. The molecule has 0 aromatic carbocycles. The van der Waals surface area contributed by atoms with E-state index in [2.05, 4.69) is 15.3 Å². The van der Waals surface area contributed by atoms with Crippen LogP contribution < -0.4 is 5.32 Å². The minimum absolute atomic E-state index is 0.0202. The number of aromatic nitrogens is 2. The van der Waals surface area contributed by atoms with E-state index in [0.29, 0.717) is 6.54 Å². The minimum atomic E-state index is -0.0202. The number of nitrogens with one attached hydrogen (secondary N) is 1. The fraction of sp³-hybridized carbons (Fsp3) is 0.500. The minimum Gasteiger partial charge on any atom is -0.465 e. The van der Waals surface area contributed by atoms with Gasteiger partial charge in [0.1, 0.15) is 17.3 Å². The van der Waals surface area contributed by atoms with Crippen LogP contribution in [0.25, 0.3) is 0 Å². The zero-order chi connectivity index (χ0) is 16.4. The average Bonchev–Trinajstić information content (AvgIpc) is 3.05. The Balaban J connectivity index is 1.67. The third-order valence-electron chi connectivity index (χ3n) is 3.95. The molecule has 0 unspecified atom stereocenters. The molecular formula is C16H22N4O2S. The van der Waals surface area contributed by atoms with Gasteiger partial charge in [0, 0.05) is 31.2 Å². The second-order valence-electron chi connectivity index (χ2n) is 5.85. The van der Waals surface area contributed by atoms with Crippen LogP contribution in [-0.2, 0) is 11.8 Å². The molecule has 1 saturated heterocycles. The zero-order valence-electron chi connectivity index (χ0n) is 13.7. The summed E-state index contributed by atoms with van der Waals surface area (Å²) >= 11 is 1.90. The Hall–Kier alpha value is -1.73. The summed E-state index contributed by atoms with van der Waals surface area (Å²) in [6, 6.07) is 6.02. The van der Waals surface area contributed by atoms with Crippen molar-refractivity contribution in [3.05, 3.63) is 35.4 Å². The van der Waals surface area contributed by atoms with E-state index in [4.69, 9.17) is 4.42 Å². The maximum atomic E-state index is 12.4. The standard InChI is InChI=1S/C16H22N4O2S/c1-11-8-15(19(3)18-11)17-16(21)9-20-6-7-23-10-13(20)14-5-4-12(2)22-14/h4-5,8,13H,6-7,9-10H2,1-3H3,(H,17,21)/t13-/m0/s1. The molecular weight excluding hydrogens is 312 g/mol. The van der Waals surface area contributed by atoms with Gasteiger partial charge in [0.25, 0.3) is 0 Å². The van der Waals surface area contributed by atoms with E-state index in [1.54, 1.807) is 4.68 Å². The normalized spacial score (nSPS) is 19.0. The second kappa shape index (κ2) is 6.80. The molecule has 23 heavy (non-hydrogen) atoms. The van der Waals surface area contributed by atoms with Crippen LogP contribution in [0.4, 0.5) is 5.82 Å². The lowest BCUT2D eigenvalue weighted by atomic mass is 10.2. The summed E-state index contributed by atoms with van der Waals surface area (Å²) in [5.41, 5.74) is 0.890. The van der Waals surface area contributed by atoms with Crippen molar-refractivity contribution in [3.63, 3.8) is 0 Å². The monoisotopic (exact) mass is 334 g/mol. The van der Waals surface area contributed by atoms with Crippen molar-refractivity contribution in [1.29, 1.82) is 0 Å². The molecule has 1 amide bonds. The van der Waals surface area contributed by atoms with Gasteiger partial charge < -0.3 is 9.73 Å². The highest BCUT2D eigenvalue weighted by molar-refractivity contribution is 7.99. The van der Waals surface area contributed by atoms with Crippen LogP contribution in [0.2, 0.25) is 0 Å². The number of rotatable bonds is 4. The van der Waals surface area contributed by atoms with Crippen molar-refractivity contribution in [2.75, 3.05) is 29.9 Å². The first-order chi connectivity index (χ1) is 11.0. The molecule has 7 heteroatoms. The molecule has 3 rings (SSSR count). The number of hydrogen-bond acceptors (Lipinski definition) is 5. The van der Waals surface area contributed by atoms with Gasteiger partial charge in [-0.2, -0.15) is 16.9 Å². The molecule has 3 heterocycles. The SMILES string of the molecule is Cc1cc(NC(=O)CN2CCSC[C@H]2c2ccc(C)o2)n(C)n1. The molecule has 0 aliphatic carbocycles. The molecule has 124 valence electrons. The largest absolute Gasteiger partial charge is 0.465 e. The summed E-state index contributed by atoms with van der Waals surface area (Å²) < 4.78 is 7.46. The molecule has 1 aliphatic rings. The lowest BCUT2D eigenvalue weighted by Crippen LogP contribution is -2.41. The number of furan rings is 1. The van der Waals surface area contributed by atoms with Gasteiger partial charge in [-0.3, -0.25) is 14.4 Å².